The number of amides is 4. The molecule has 11 heteroatoms. The highest BCUT2D eigenvalue weighted by molar-refractivity contribution is 6.09. The first-order valence-corrected chi connectivity index (χ1v) is 13.6. The molecule has 6 N–H and O–H groups in total. The Morgan fingerprint density at radius 3 is 1.83 bits per heavy atom. The predicted molar refractivity (Wildman–Crippen MR) is 158 cm³/mol. The van der Waals surface area contributed by atoms with Crippen molar-refractivity contribution in [1.82, 2.24) is 21.3 Å². The van der Waals surface area contributed by atoms with Crippen molar-refractivity contribution in [1.29, 1.82) is 0 Å². The topological polar surface area (TPSA) is 177 Å². The van der Waals surface area contributed by atoms with E-state index in [0.717, 1.165) is 0 Å². The van der Waals surface area contributed by atoms with E-state index in [-0.39, 0.29) is 12.2 Å². The highest BCUT2D eigenvalue weighted by Crippen LogP contribution is 2.14. The average molecular weight is 580 g/mol. The van der Waals surface area contributed by atoms with Crippen molar-refractivity contribution in [3.8, 4) is 0 Å². The Labute approximate surface area is 246 Å². The van der Waals surface area contributed by atoms with Crippen molar-refractivity contribution < 1.29 is 28.8 Å². The van der Waals surface area contributed by atoms with Gasteiger partial charge in [0.2, 0.25) is 23.6 Å². The van der Waals surface area contributed by atoms with E-state index < -0.39 is 52.3 Å². The third-order valence-corrected chi connectivity index (χ3v) is 6.38. The van der Waals surface area contributed by atoms with Gasteiger partial charge in [-0.25, -0.2) is 0 Å². The molecule has 2 atom stereocenters. The summed E-state index contributed by atoms with van der Waals surface area (Å²) in [6.07, 6.45) is 0.625. The summed E-state index contributed by atoms with van der Waals surface area (Å²) >= 11 is 0. The average Bonchev–Trinajstić information content (AvgIpc) is 2.92. The van der Waals surface area contributed by atoms with Crippen LogP contribution in [0.1, 0.15) is 70.0 Å². The molecule has 0 saturated heterocycles. The van der Waals surface area contributed by atoms with Gasteiger partial charge in [-0.15, -0.1) is 0 Å². The summed E-state index contributed by atoms with van der Waals surface area (Å²) in [6, 6.07) is 13.4. The van der Waals surface area contributed by atoms with Gasteiger partial charge in [0.1, 0.15) is 23.9 Å². The number of hydrogen-bond acceptors (Lipinski definition) is 7. The Hall–Kier alpha value is -4.38. The van der Waals surface area contributed by atoms with Gasteiger partial charge in [-0.1, -0.05) is 54.6 Å². The van der Waals surface area contributed by atoms with Crippen LogP contribution in [0.15, 0.2) is 54.6 Å². The second-order valence-electron chi connectivity index (χ2n) is 12.0. The molecule has 0 aliphatic heterocycles. The van der Waals surface area contributed by atoms with E-state index in [0.29, 0.717) is 23.0 Å². The largest absolute Gasteiger partial charge is 0.343 e. The van der Waals surface area contributed by atoms with Crippen LogP contribution in [-0.4, -0.2) is 64.4 Å². The summed E-state index contributed by atoms with van der Waals surface area (Å²) in [5.74, 6) is -2.62. The number of nitrogens with one attached hydrogen (secondary N) is 4. The quantitative estimate of drug-likeness (QED) is 0.175. The fourth-order valence-corrected chi connectivity index (χ4v) is 3.69. The van der Waals surface area contributed by atoms with Crippen LogP contribution in [0.4, 0.5) is 0 Å². The third-order valence-electron chi connectivity index (χ3n) is 6.38. The number of carbonyl (C=O) groups excluding carboxylic acids is 6. The maximum atomic E-state index is 13.4. The second kappa shape index (κ2) is 13.5. The first-order chi connectivity index (χ1) is 19.4. The zero-order valence-electron chi connectivity index (χ0n) is 25.2. The molecule has 0 radical (unpaired) electrons. The SMILES string of the molecule is CC(NC(=O)C(C)(C)NC(=O)C(Cc1ccc(C(=O)c2ccccc2)cc1)NC(=O)C(C)(C)N)C(=O)NC(C)(C)C=O. The van der Waals surface area contributed by atoms with Crippen LogP contribution in [0.5, 0.6) is 0 Å². The number of benzene rings is 2. The zero-order valence-corrected chi connectivity index (χ0v) is 25.2. The summed E-state index contributed by atoms with van der Waals surface area (Å²) in [6.45, 7) is 10.4. The summed E-state index contributed by atoms with van der Waals surface area (Å²) in [5, 5.41) is 10.3. The Bertz CT molecular complexity index is 1310. The van der Waals surface area contributed by atoms with Gasteiger partial charge in [-0.2, -0.15) is 0 Å². The minimum atomic E-state index is -1.49. The molecule has 2 rings (SSSR count). The van der Waals surface area contributed by atoms with Crippen molar-refractivity contribution in [3.63, 3.8) is 0 Å². The summed E-state index contributed by atoms with van der Waals surface area (Å²) in [7, 11) is 0. The van der Waals surface area contributed by atoms with Gasteiger partial charge in [-0.05, 0) is 54.0 Å². The van der Waals surface area contributed by atoms with E-state index in [4.69, 9.17) is 5.73 Å². The fourth-order valence-electron chi connectivity index (χ4n) is 3.69. The molecule has 2 aromatic carbocycles. The maximum absolute atomic E-state index is 13.4. The van der Waals surface area contributed by atoms with E-state index in [2.05, 4.69) is 21.3 Å². The lowest BCUT2D eigenvalue weighted by atomic mass is 9.97. The van der Waals surface area contributed by atoms with Gasteiger partial charge in [0.25, 0.3) is 0 Å². The van der Waals surface area contributed by atoms with Gasteiger partial charge in [-0.3, -0.25) is 24.0 Å². The number of rotatable bonds is 13. The Morgan fingerprint density at radius 2 is 1.31 bits per heavy atom. The smallest absolute Gasteiger partial charge is 0.245 e. The number of aldehydes is 1. The van der Waals surface area contributed by atoms with Crippen molar-refractivity contribution in [2.24, 2.45) is 5.73 Å². The summed E-state index contributed by atoms with van der Waals surface area (Å²) in [4.78, 5) is 75.5. The highest BCUT2D eigenvalue weighted by Gasteiger charge is 2.36. The van der Waals surface area contributed by atoms with Crippen LogP contribution in [0.3, 0.4) is 0 Å². The molecule has 0 saturated carbocycles. The molecule has 11 nitrogen and oxygen atoms in total. The van der Waals surface area contributed by atoms with E-state index in [1.165, 1.54) is 48.5 Å². The lowest BCUT2D eigenvalue weighted by Crippen LogP contribution is -2.63. The van der Waals surface area contributed by atoms with Gasteiger partial charge in [0.15, 0.2) is 5.78 Å². The molecule has 0 spiro atoms. The predicted octanol–water partition coefficient (Wildman–Crippen LogP) is 1.18. The monoisotopic (exact) mass is 579 g/mol. The highest BCUT2D eigenvalue weighted by atomic mass is 16.2. The molecular formula is C31H41N5O6. The molecule has 0 aliphatic rings. The van der Waals surface area contributed by atoms with Crippen LogP contribution in [0.2, 0.25) is 0 Å². The molecule has 0 bridgehead atoms. The van der Waals surface area contributed by atoms with Gasteiger partial charge >= 0.3 is 0 Å². The first kappa shape index (κ1) is 33.8. The van der Waals surface area contributed by atoms with Crippen molar-refractivity contribution >= 4 is 35.7 Å². The number of ketones is 1. The van der Waals surface area contributed by atoms with Gasteiger partial charge < -0.3 is 31.8 Å². The van der Waals surface area contributed by atoms with Crippen LogP contribution < -0.4 is 27.0 Å². The lowest BCUT2D eigenvalue weighted by molar-refractivity contribution is -0.137. The molecule has 226 valence electrons. The molecule has 4 amide bonds. The van der Waals surface area contributed by atoms with E-state index in [1.54, 1.807) is 48.5 Å². The first-order valence-electron chi connectivity index (χ1n) is 13.6. The normalized spacial score (nSPS) is 13.2. The molecule has 0 aromatic heterocycles. The molecule has 42 heavy (non-hydrogen) atoms. The second-order valence-corrected chi connectivity index (χ2v) is 12.0. The standard InChI is InChI=1S/C31H41N5O6/c1-19(25(39)35-29(2,3)18-37)33-28(42)31(6,7)36-26(40)23(34-27(41)30(4,5)32)17-20-13-15-22(16-14-20)24(38)21-11-9-8-10-12-21/h8-16,18-19,23H,17,32H2,1-7H3,(H,33,42)(H,34,41)(H,35,39)(H,36,40). The van der Waals surface area contributed by atoms with E-state index >= 15 is 0 Å². The van der Waals surface area contributed by atoms with E-state index in [1.807, 2.05) is 6.07 Å². The van der Waals surface area contributed by atoms with Crippen LogP contribution >= 0.6 is 0 Å². The van der Waals surface area contributed by atoms with E-state index in [9.17, 15) is 28.8 Å². The molecule has 0 heterocycles. The molecule has 2 unspecified atom stereocenters. The van der Waals surface area contributed by atoms with Crippen molar-refractivity contribution in [2.75, 3.05) is 0 Å². The summed E-state index contributed by atoms with van der Waals surface area (Å²) < 4.78 is 0. The Balaban J connectivity index is 2.19. The number of nitrogens with two attached hydrogens (primary N) is 1. The lowest BCUT2D eigenvalue weighted by Gasteiger charge is -2.31. The minimum absolute atomic E-state index is 0.0464. The molecular weight excluding hydrogens is 538 g/mol. The minimum Gasteiger partial charge on any atom is -0.343 e. The Morgan fingerprint density at radius 1 is 0.762 bits per heavy atom. The van der Waals surface area contributed by atoms with Crippen LogP contribution in [-0.2, 0) is 30.4 Å². The van der Waals surface area contributed by atoms with Gasteiger partial charge in [0.05, 0.1) is 11.1 Å². The van der Waals surface area contributed by atoms with Gasteiger partial charge in [0, 0.05) is 17.5 Å². The maximum Gasteiger partial charge on any atom is 0.245 e. The zero-order chi connectivity index (χ0) is 31.9. The fraction of sp³-hybridized carbons (Fsp3) is 0.419. The molecule has 0 fully saturated rings. The van der Waals surface area contributed by atoms with Crippen molar-refractivity contribution in [3.05, 3.63) is 71.3 Å². The van der Waals surface area contributed by atoms with Crippen LogP contribution in [0, 0.1) is 0 Å². The molecule has 2 aromatic rings. The molecule has 0 aliphatic carbocycles. The number of hydrogen-bond donors (Lipinski definition) is 5. The number of carbonyl (C=O) groups is 6. The van der Waals surface area contributed by atoms with Crippen molar-refractivity contribution in [2.45, 2.75) is 83.6 Å². The third kappa shape index (κ3) is 9.62. The Kier molecular flexibility index (Phi) is 10.9. The summed E-state index contributed by atoms with van der Waals surface area (Å²) in [5.41, 5.74) is 3.71. The van der Waals surface area contributed by atoms with Crippen LogP contribution in [0.25, 0.3) is 0 Å².